The van der Waals surface area contributed by atoms with E-state index in [9.17, 15) is 21.6 Å². The van der Waals surface area contributed by atoms with Crippen molar-refractivity contribution in [2.45, 2.75) is 17.2 Å². The average molecular weight is 535 g/mol. The molecule has 33 heavy (non-hydrogen) atoms. The summed E-state index contributed by atoms with van der Waals surface area (Å²) in [6.45, 7) is 0. The number of benzene rings is 2. The molecule has 7 nitrogen and oxygen atoms in total. The van der Waals surface area contributed by atoms with Crippen molar-refractivity contribution in [2.24, 2.45) is 0 Å². The lowest BCUT2D eigenvalue weighted by Gasteiger charge is -2.21. The summed E-state index contributed by atoms with van der Waals surface area (Å²) in [5, 5.41) is 0.679. The minimum Gasteiger partial charge on any atom is -0.454 e. The van der Waals surface area contributed by atoms with Crippen LogP contribution in [-0.2, 0) is 10.0 Å². The summed E-state index contributed by atoms with van der Waals surface area (Å²) in [6.07, 6.45) is -6.16. The molecule has 0 aliphatic carbocycles. The van der Waals surface area contributed by atoms with Gasteiger partial charge in [0.1, 0.15) is 9.90 Å². The largest absolute Gasteiger partial charge is 0.454 e. The van der Waals surface area contributed by atoms with Crippen LogP contribution in [0, 0.1) is 0 Å². The molecule has 0 amide bonds. The molecule has 0 aliphatic heterocycles. The number of para-hydroxylation sites is 2. The number of thiazole rings is 1. The molecule has 0 bridgehead atoms. The zero-order valence-corrected chi connectivity index (χ0v) is 19.2. The van der Waals surface area contributed by atoms with Crippen LogP contribution < -0.4 is 9.46 Å². The van der Waals surface area contributed by atoms with Gasteiger partial charge in [-0.05, 0) is 24.3 Å². The van der Waals surface area contributed by atoms with Crippen molar-refractivity contribution in [3.05, 3.63) is 69.1 Å². The molecule has 1 atom stereocenters. The zero-order chi connectivity index (χ0) is 23.8. The second-order valence-corrected chi connectivity index (χ2v) is 9.80. The highest BCUT2D eigenvalue weighted by molar-refractivity contribution is 7.92. The van der Waals surface area contributed by atoms with Crippen LogP contribution in [0.2, 0.25) is 10.0 Å². The Hall–Kier alpha value is -2.67. The number of hydrogen-bond acceptors (Lipinski definition) is 7. The number of sulfonamides is 1. The Morgan fingerprint density at radius 3 is 2.36 bits per heavy atom. The van der Waals surface area contributed by atoms with E-state index in [1.54, 1.807) is 12.1 Å². The van der Waals surface area contributed by atoms with E-state index in [0.717, 1.165) is 11.3 Å². The van der Waals surface area contributed by atoms with Crippen LogP contribution in [0.3, 0.4) is 0 Å². The van der Waals surface area contributed by atoms with E-state index < -0.39 is 38.9 Å². The quantitative estimate of drug-likeness (QED) is 0.332. The third kappa shape index (κ3) is 4.98. The maximum atomic E-state index is 13.7. The van der Waals surface area contributed by atoms with Gasteiger partial charge in [0.15, 0.2) is 0 Å². The molecule has 0 aliphatic rings. The minimum atomic E-state index is -4.86. The number of aromatic nitrogens is 3. The Morgan fingerprint density at radius 1 is 1.03 bits per heavy atom. The molecule has 0 radical (unpaired) electrons. The van der Waals surface area contributed by atoms with Gasteiger partial charge in [-0.2, -0.15) is 13.2 Å². The first-order chi connectivity index (χ1) is 15.6. The Labute approximate surface area is 199 Å². The Balaban J connectivity index is 1.82. The molecule has 0 saturated heterocycles. The van der Waals surface area contributed by atoms with Gasteiger partial charge in [-0.1, -0.05) is 41.4 Å². The minimum absolute atomic E-state index is 0.0264. The van der Waals surface area contributed by atoms with E-state index >= 15 is 0 Å². The van der Waals surface area contributed by atoms with Crippen molar-refractivity contribution in [1.82, 2.24) is 15.0 Å². The van der Waals surface area contributed by atoms with Crippen molar-refractivity contribution >= 4 is 61.4 Å². The number of ether oxygens (including phenoxy) is 1. The first-order valence-electron chi connectivity index (χ1n) is 8.92. The molecule has 0 saturated carbocycles. The molecule has 0 spiro atoms. The number of nitrogens with zero attached hydrogens (tertiary/aromatic N) is 3. The van der Waals surface area contributed by atoms with Crippen molar-refractivity contribution in [1.29, 1.82) is 0 Å². The molecule has 4 aromatic rings. The summed E-state index contributed by atoms with van der Waals surface area (Å²) in [4.78, 5) is 11.4. The second-order valence-electron chi connectivity index (χ2n) is 6.43. The lowest BCUT2D eigenvalue weighted by atomic mass is 10.3. The maximum absolute atomic E-state index is 13.7. The zero-order valence-electron chi connectivity index (χ0n) is 16.0. The standard InChI is InChI=1S/C19H11Cl2F3N4O3S2/c20-10-4-3-7-13(14(10)21)33(29,30)28-16-17(27-12-6-2-1-5-11(12)26-16)31-15(19(22,23)24)18-25-8-9-32-18/h1-9,15H,(H,26,28). The molecule has 14 heteroatoms. The van der Waals surface area contributed by atoms with Gasteiger partial charge in [0.2, 0.25) is 11.9 Å². The first kappa shape index (κ1) is 23.5. The summed E-state index contributed by atoms with van der Waals surface area (Å²) in [5.41, 5.74) is 0.411. The summed E-state index contributed by atoms with van der Waals surface area (Å²) in [6, 6.07) is 10.1. The van der Waals surface area contributed by atoms with E-state index in [1.807, 2.05) is 0 Å². The van der Waals surface area contributed by atoms with Gasteiger partial charge in [-0.25, -0.2) is 23.4 Å². The van der Waals surface area contributed by atoms with E-state index in [-0.39, 0.29) is 26.1 Å². The summed E-state index contributed by atoms with van der Waals surface area (Å²) in [7, 11) is -4.43. The molecule has 1 unspecified atom stereocenters. The molecule has 4 rings (SSSR count). The van der Waals surface area contributed by atoms with Gasteiger partial charge in [0, 0.05) is 11.6 Å². The van der Waals surface area contributed by atoms with Crippen LogP contribution in [0.5, 0.6) is 5.88 Å². The van der Waals surface area contributed by atoms with Crippen molar-refractivity contribution in [3.63, 3.8) is 0 Å². The summed E-state index contributed by atoms with van der Waals surface area (Å²) in [5.74, 6) is -1.25. The third-order valence-corrected chi connectivity index (χ3v) is 7.31. The average Bonchev–Trinajstić information content (AvgIpc) is 3.27. The van der Waals surface area contributed by atoms with Gasteiger partial charge in [-0.3, -0.25) is 4.72 Å². The van der Waals surface area contributed by atoms with Gasteiger partial charge in [0.05, 0.1) is 21.1 Å². The normalized spacial score (nSPS) is 13.1. The predicted octanol–water partition coefficient (Wildman–Crippen LogP) is 5.88. The first-order valence-corrected chi connectivity index (χ1v) is 12.0. The lowest BCUT2D eigenvalue weighted by Crippen LogP contribution is -2.27. The van der Waals surface area contributed by atoms with Crippen LogP contribution in [0.4, 0.5) is 19.0 Å². The number of rotatable bonds is 6. The molecule has 2 aromatic carbocycles. The fourth-order valence-corrected chi connectivity index (χ4v) is 5.19. The van der Waals surface area contributed by atoms with Gasteiger partial charge >= 0.3 is 6.18 Å². The van der Waals surface area contributed by atoms with Gasteiger partial charge < -0.3 is 4.74 Å². The van der Waals surface area contributed by atoms with Crippen LogP contribution in [-0.4, -0.2) is 29.5 Å². The SMILES string of the molecule is O=S(=O)(Nc1nc2ccccc2nc1OC(c1nccs1)C(F)(F)F)c1cccc(Cl)c1Cl. The predicted molar refractivity (Wildman–Crippen MR) is 118 cm³/mol. The molecule has 2 heterocycles. The van der Waals surface area contributed by atoms with Crippen LogP contribution in [0.25, 0.3) is 11.0 Å². The van der Waals surface area contributed by atoms with E-state index in [1.165, 1.54) is 41.9 Å². The number of halogens is 5. The molecule has 2 aromatic heterocycles. The lowest BCUT2D eigenvalue weighted by molar-refractivity contribution is -0.198. The van der Waals surface area contributed by atoms with Crippen LogP contribution in [0.1, 0.15) is 11.1 Å². The fourth-order valence-electron chi connectivity index (χ4n) is 2.74. The second kappa shape index (κ2) is 8.93. The highest BCUT2D eigenvalue weighted by Crippen LogP contribution is 2.40. The Morgan fingerprint density at radius 2 is 1.73 bits per heavy atom. The fraction of sp³-hybridized carbons (Fsp3) is 0.105. The van der Waals surface area contributed by atoms with Gasteiger partial charge in [0.25, 0.3) is 15.9 Å². The highest BCUT2D eigenvalue weighted by atomic mass is 35.5. The van der Waals surface area contributed by atoms with Gasteiger partial charge in [-0.15, -0.1) is 11.3 Å². The van der Waals surface area contributed by atoms with Crippen LogP contribution in [0.15, 0.2) is 58.9 Å². The topological polar surface area (TPSA) is 94.1 Å². The number of anilines is 1. The monoisotopic (exact) mass is 534 g/mol. The molecule has 172 valence electrons. The van der Waals surface area contributed by atoms with Crippen molar-refractivity contribution in [2.75, 3.05) is 4.72 Å². The van der Waals surface area contributed by atoms with E-state index in [4.69, 9.17) is 27.9 Å². The highest BCUT2D eigenvalue weighted by Gasteiger charge is 2.45. The Kier molecular flexibility index (Phi) is 6.36. The smallest absolute Gasteiger partial charge is 0.432 e. The van der Waals surface area contributed by atoms with E-state index in [2.05, 4.69) is 19.7 Å². The molecule has 1 N–H and O–H groups in total. The molecular weight excluding hydrogens is 524 g/mol. The molecule has 0 fully saturated rings. The molecular formula is C19H11Cl2F3N4O3S2. The Bertz CT molecular complexity index is 1420. The third-order valence-electron chi connectivity index (χ3n) is 4.18. The maximum Gasteiger partial charge on any atom is 0.432 e. The number of alkyl halides is 3. The van der Waals surface area contributed by atoms with Crippen molar-refractivity contribution in [3.8, 4) is 5.88 Å². The number of nitrogens with one attached hydrogen (secondary N) is 1. The van der Waals surface area contributed by atoms with Crippen LogP contribution >= 0.6 is 34.5 Å². The number of hydrogen-bond donors (Lipinski definition) is 1. The summed E-state index contributed by atoms with van der Waals surface area (Å²) < 4.78 is 74.4. The van der Waals surface area contributed by atoms with Crippen molar-refractivity contribution < 1.29 is 26.3 Å². The van der Waals surface area contributed by atoms with E-state index in [0.29, 0.717) is 0 Å². The summed E-state index contributed by atoms with van der Waals surface area (Å²) >= 11 is 12.6. The number of fused-ring (bicyclic) bond motifs is 1.